The Morgan fingerprint density at radius 2 is 2.00 bits per heavy atom. The Labute approximate surface area is 103 Å². The number of phenols is 1. The van der Waals surface area contributed by atoms with Gasteiger partial charge in [-0.3, -0.25) is 9.00 Å². The Hall–Kier alpha value is -1.36. The third-order valence-electron chi connectivity index (χ3n) is 2.92. The Bertz CT molecular complexity index is 467. The summed E-state index contributed by atoms with van der Waals surface area (Å²) in [5.41, 5.74) is 0.250. The summed E-state index contributed by atoms with van der Waals surface area (Å²) in [7, 11) is -1.15. The Morgan fingerprint density at radius 1 is 1.35 bits per heavy atom. The second kappa shape index (κ2) is 4.87. The van der Waals surface area contributed by atoms with Crippen molar-refractivity contribution in [3.8, 4) is 5.75 Å². The number of hydrogen-bond donors (Lipinski definition) is 1. The predicted molar refractivity (Wildman–Crippen MR) is 65.6 cm³/mol. The smallest absolute Gasteiger partial charge is 0.257 e. The molecular weight excluding hydrogens is 238 g/mol. The summed E-state index contributed by atoms with van der Waals surface area (Å²) in [6, 6.07) is 4.53. The second-order valence-corrected chi connectivity index (χ2v) is 5.51. The van der Waals surface area contributed by atoms with Crippen molar-refractivity contribution in [1.29, 1.82) is 0 Å². The van der Waals surface area contributed by atoms with Gasteiger partial charge in [-0.1, -0.05) is 0 Å². The standard InChI is InChI=1S/C12H15NO3S/c1-17(16)9-4-5-11(14)10(8-9)12(15)13-6-2-3-7-13/h4-5,8,14H,2-3,6-7H2,1H3. The summed E-state index contributed by atoms with van der Waals surface area (Å²) in [5, 5.41) is 9.70. The van der Waals surface area contributed by atoms with Crippen LogP contribution in [-0.2, 0) is 10.8 Å². The van der Waals surface area contributed by atoms with Crippen LogP contribution in [0.1, 0.15) is 23.2 Å². The number of amides is 1. The molecule has 1 N–H and O–H groups in total. The summed E-state index contributed by atoms with van der Waals surface area (Å²) in [5.74, 6) is -0.219. The molecule has 0 radical (unpaired) electrons. The van der Waals surface area contributed by atoms with Crippen LogP contribution in [0, 0.1) is 0 Å². The Kier molecular flexibility index (Phi) is 3.47. The summed E-state index contributed by atoms with van der Waals surface area (Å²) in [4.78, 5) is 14.4. The largest absolute Gasteiger partial charge is 0.507 e. The normalized spacial score (nSPS) is 17.1. The van der Waals surface area contributed by atoms with Gasteiger partial charge in [0, 0.05) is 35.0 Å². The van der Waals surface area contributed by atoms with Gasteiger partial charge in [0.2, 0.25) is 0 Å². The minimum Gasteiger partial charge on any atom is -0.507 e. The lowest BCUT2D eigenvalue weighted by molar-refractivity contribution is 0.0789. The molecule has 1 aromatic carbocycles. The van der Waals surface area contributed by atoms with Gasteiger partial charge in [-0.15, -0.1) is 0 Å². The molecule has 1 saturated heterocycles. The molecule has 1 aromatic rings. The van der Waals surface area contributed by atoms with Crippen molar-refractivity contribution in [3.63, 3.8) is 0 Å². The van der Waals surface area contributed by atoms with Crippen LogP contribution in [0.2, 0.25) is 0 Å². The van der Waals surface area contributed by atoms with Gasteiger partial charge in [-0.25, -0.2) is 0 Å². The molecule has 1 atom stereocenters. The molecule has 17 heavy (non-hydrogen) atoms. The van der Waals surface area contributed by atoms with Gasteiger partial charge in [-0.05, 0) is 31.0 Å². The van der Waals surface area contributed by atoms with Crippen molar-refractivity contribution in [1.82, 2.24) is 4.90 Å². The van der Waals surface area contributed by atoms with Gasteiger partial charge in [0.25, 0.3) is 5.91 Å². The van der Waals surface area contributed by atoms with Crippen LogP contribution in [0.4, 0.5) is 0 Å². The maximum absolute atomic E-state index is 12.1. The van der Waals surface area contributed by atoms with Gasteiger partial charge in [-0.2, -0.15) is 0 Å². The minimum atomic E-state index is -1.15. The van der Waals surface area contributed by atoms with E-state index in [0.29, 0.717) is 4.90 Å². The second-order valence-electron chi connectivity index (χ2n) is 4.13. The molecule has 1 heterocycles. The zero-order chi connectivity index (χ0) is 12.4. The Balaban J connectivity index is 2.32. The van der Waals surface area contributed by atoms with Gasteiger partial charge in [0.1, 0.15) is 5.75 Å². The number of hydrogen-bond acceptors (Lipinski definition) is 3. The van der Waals surface area contributed by atoms with E-state index in [-0.39, 0.29) is 17.2 Å². The van der Waals surface area contributed by atoms with Gasteiger partial charge in [0.15, 0.2) is 0 Å². The third kappa shape index (κ3) is 2.49. The van der Waals surface area contributed by atoms with E-state index >= 15 is 0 Å². The van der Waals surface area contributed by atoms with Crippen molar-refractivity contribution in [2.45, 2.75) is 17.7 Å². The first-order chi connectivity index (χ1) is 8.09. The number of carbonyl (C=O) groups excluding carboxylic acids is 1. The maximum Gasteiger partial charge on any atom is 0.257 e. The molecule has 0 saturated carbocycles. The van der Waals surface area contributed by atoms with Crippen LogP contribution < -0.4 is 0 Å². The van der Waals surface area contributed by atoms with Crippen LogP contribution in [0.5, 0.6) is 5.75 Å². The van der Waals surface area contributed by atoms with Gasteiger partial charge in [0.05, 0.1) is 5.56 Å². The topological polar surface area (TPSA) is 57.6 Å². The molecule has 1 amide bonds. The lowest BCUT2D eigenvalue weighted by Crippen LogP contribution is -2.27. The van der Waals surface area contributed by atoms with Gasteiger partial charge >= 0.3 is 0 Å². The van der Waals surface area contributed by atoms with Crippen molar-refractivity contribution in [2.75, 3.05) is 19.3 Å². The molecule has 0 bridgehead atoms. The average Bonchev–Trinajstić information content (AvgIpc) is 2.81. The molecule has 4 nitrogen and oxygen atoms in total. The van der Waals surface area contributed by atoms with Crippen molar-refractivity contribution < 1.29 is 14.1 Å². The van der Waals surface area contributed by atoms with E-state index in [1.165, 1.54) is 12.1 Å². The highest BCUT2D eigenvalue weighted by atomic mass is 32.2. The van der Waals surface area contributed by atoms with Crippen LogP contribution in [-0.4, -0.2) is 39.5 Å². The average molecular weight is 253 g/mol. The molecule has 1 fully saturated rings. The van der Waals surface area contributed by atoms with Crippen LogP contribution in [0.3, 0.4) is 0 Å². The zero-order valence-electron chi connectivity index (χ0n) is 9.68. The quantitative estimate of drug-likeness (QED) is 0.866. The first kappa shape index (κ1) is 12.1. The Morgan fingerprint density at radius 3 is 2.59 bits per heavy atom. The van der Waals surface area contributed by atoms with E-state index in [9.17, 15) is 14.1 Å². The zero-order valence-corrected chi connectivity index (χ0v) is 10.5. The highest BCUT2D eigenvalue weighted by Crippen LogP contribution is 2.23. The van der Waals surface area contributed by atoms with Crippen LogP contribution >= 0.6 is 0 Å². The number of aromatic hydroxyl groups is 1. The van der Waals surface area contributed by atoms with E-state index in [4.69, 9.17) is 0 Å². The molecule has 2 rings (SSSR count). The molecule has 92 valence electrons. The molecule has 0 aromatic heterocycles. The monoisotopic (exact) mass is 253 g/mol. The molecule has 0 aliphatic carbocycles. The number of carbonyl (C=O) groups is 1. The number of phenolic OH excluding ortho intramolecular Hbond substituents is 1. The van der Waals surface area contributed by atoms with Crippen molar-refractivity contribution in [3.05, 3.63) is 23.8 Å². The summed E-state index contributed by atoms with van der Waals surface area (Å²) in [6.07, 6.45) is 3.56. The molecule has 0 spiro atoms. The third-order valence-corrected chi connectivity index (χ3v) is 3.84. The minimum absolute atomic E-state index is 0.0453. The predicted octanol–water partition coefficient (Wildman–Crippen LogP) is 1.37. The van der Waals surface area contributed by atoms with E-state index in [2.05, 4.69) is 0 Å². The number of rotatable bonds is 2. The van der Waals surface area contributed by atoms with Gasteiger partial charge < -0.3 is 10.0 Å². The highest BCUT2D eigenvalue weighted by Gasteiger charge is 2.22. The van der Waals surface area contributed by atoms with E-state index < -0.39 is 10.8 Å². The fourth-order valence-corrected chi connectivity index (χ4v) is 2.50. The lowest BCUT2D eigenvalue weighted by atomic mass is 10.2. The lowest BCUT2D eigenvalue weighted by Gasteiger charge is -2.16. The summed E-state index contributed by atoms with van der Waals surface area (Å²) in [6.45, 7) is 1.47. The molecule has 5 heteroatoms. The van der Waals surface area contributed by atoms with Crippen LogP contribution in [0.25, 0.3) is 0 Å². The molecular formula is C12H15NO3S. The molecule has 1 aliphatic rings. The van der Waals surface area contributed by atoms with E-state index in [1.807, 2.05) is 0 Å². The molecule has 1 unspecified atom stereocenters. The first-order valence-electron chi connectivity index (χ1n) is 5.55. The van der Waals surface area contributed by atoms with E-state index in [1.54, 1.807) is 17.2 Å². The fourth-order valence-electron chi connectivity index (χ4n) is 1.96. The highest BCUT2D eigenvalue weighted by molar-refractivity contribution is 7.84. The number of nitrogens with zero attached hydrogens (tertiary/aromatic N) is 1. The number of likely N-dealkylation sites (tertiary alicyclic amines) is 1. The summed E-state index contributed by atoms with van der Waals surface area (Å²) >= 11 is 0. The molecule has 1 aliphatic heterocycles. The number of benzene rings is 1. The fraction of sp³-hybridized carbons (Fsp3) is 0.417. The van der Waals surface area contributed by atoms with Crippen LogP contribution in [0.15, 0.2) is 23.1 Å². The summed E-state index contributed by atoms with van der Waals surface area (Å²) < 4.78 is 11.4. The van der Waals surface area contributed by atoms with Crippen molar-refractivity contribution in [2.24, 2.45) is 0 Å². The van der Waals surface area contributed by atoms with Crippen molar-refractivity contribution >= 4 is 16.7 Å². The SMILES string of the molecule is CS(=O)c1ccc(O)c(C(=O)N2CCCC2)c1. The maximum atomic E-state index is 12.1. The first-order valence-corrected chi connectivity index (χ1v) is 7.11. The van der Waals surface area contributed by atoms with E-state index in [0.717, 1.165) is 25.9 Å².